The van der Waals surface area contributed by atoms with Crippen molar-refractivity contribution in [1.82, 2.24) is 4.98 Å². The van der Waals surface area contributed by atoms with Gasteiger partial charge in [0.25, 0.3) is 0 Å². The molecule has 1 rings (SSSR count). The van der Waals surface area contributed by atoms with Crippen LogP contribution in [0.1, 0.15) is 44.3 Å². The summed E-state index contributed by atoms with van der Waals surface area (Å²) in [6.07, 6.45) is 6.72. The maximum Gasteiger partial charge on any atom is 0.0901 e. The monoisotopic (exact) mass is 221 g/mol. The summed E-state index contributed by atoms with van der Waals surface area (Å²) >= 11 is 1.71. The Hall–Kier alpha value is -0.890. The van der Waals surface area contributed by atoms with Crippen LogP contribution in [0.4, 0.5) is 0 Å². The SMILES string of the molecule is CC(C)=CCC/C(C)=C/c1csc(C)n1. The van der Waals surface area contributed by atoms with Crippen molar-refractivity contribution in [1.29, 1.82) is 0 Å². The number of nitrogens with zero attached hydrogens (tertiary/aromatic N) is 1. The zero-order valence-electron chi connectivity index (χ0n) is 10.0. The van der Waals surface area contributed by atoms with Crippen LogP contribution in [0, 0.1) is 6.92 Å². The number of hydrogen-bond donors (Lipinski definition) is 0. The topological polar surface area (TPSA) is 12.9 Å². The van der Waals surface area contributed by atoms with E-state index in [1.807, 2.05) is 6.92 Å². The Morgan fingerprint density at radius 2 is 2.13 bits per heavy atom. The normalized spacial score (nSPS) is 11.6. The molecule has 2 heteroatoms. The van der Waals surface area contributed by atoms with Crippen LogP contribution in [0.15, 0.2) is 22.6 Å². The Morgan fingerprint density at radius 1 is 1.40 bits per heavy atom. The van der Waals surface area contributed by atoms with Gasteiger partial charge in [0.15, 0.2) is 0 Å². The highest BCUT2D eigenvalue weighted by molar-refractivity contribution is 7.09. The molecule has 0 aliphatic carbocycles. The lowest BCUT2D eigenvalue weighted by atomic mass is 10.1. The second-order valence-corrected chi connectivity index (χ2v) is 5.16. The van der Waals surface area contributed by atoms with Crippen molar-refractivity contribution in [3.05, 3.63) is 33.3 Å². The minimum atomic E-state index is 1.10. The van der Waals surface area contributed by atoms with Gasteiger partial charge in [-0.15, -0.1) is 11.3 Å². The zero-order valence-corrected chi connectivity index (χ0v) is 10.8. The quantitative estimate of drug-likeness (QED) is 0.677. The predicted octanol–water partition coefficient (Wildman–Crippen LogP) is 4.60. The van der Waals surface area contributed by atoms with Crippen LogP contribution in [-0.2, 0) is 0 Å². The largest absolute Gasteiger partial charge is 0.242 e. The fraction of sp³-hybridized carbons (Fsp3) is 0.462. The molecule has 1 heterocycles. The molecule has 1 aromatic rings. The number of thiazole rings is 1. The van der Waals surface area contributed by atoms with E-state index in [-0.39, 0.29) is 0 Å². The molecule has 0 bridgehead atoms. The lowest BCUT2D eigenvalue weighted by Gasteiger charge is -1.97. The average Bonchev–Trinajstić information content (AvgIpc) is 2.50. The number of aryl methyl sites for hydroxylation is 1. The van der Waals surface area contributed by atoms with Crippen molar-refractivity contribution >= 4 is 17.4 Å². The Morgan fingerprint density at radius 3 is 2.67 bits per heavy atom. The van der Waals surface area contributed by atoms with Crippen LogP contribution < -0.4 is 0 Å². The van der Waals surface area contributed by atoms with Crippen molar-refractivity contribution in [2.24, 2.45) is 0 Å². The molecule has 0 amide bonds. The maximum absolute atomic E-state index is 4.42. The summed E-state index contributed by atoms with van der Waals surface area (Å²) in [5.41, 5.74) is 3.90. The van der Waals surface area contributed by atoms with Crippen LogP contribution in [-0.4, -0.2) is 4.98 Å². The lowest BCUT2D eigenvalue weighted by Crippen LogP contribution is -1.79. The molecule has 0 aliphatic rings. The van der Waals surface area contributed by atoms with E-state index in [0.29, 0.717) is 0 Å². The Labute approximate surface area is 96.6 Å². The highest BCUT2D eigenvalue weighted by Crippen LogP contribution is 2.14. The maximum atomic E-state index is 4.42. The lowest BCUT2D eigenvalue weighted by molar-refractivity contribution is 0.974. The molecule has 0 unspecified atom stereocenters. The summed E-state index contributed by atoms with van der Waals surface area (Å²) in [7, 11) is 0. The van der Waals surface area contributed by atoms with Crippen LogP contribution in [0.3, 0.4) is 0 Å². The van der Waals surface area contributed by atoms with Crippen molar-refractivity contribution in [3.8, 4) is 0 Å². The predicted molar refractivity (Wildman–Crippen MR) is 69.2 cm³/mol. The summed E-state index contributed by atoms with van der Waals surface area (Å²) in [4.78, 5) is 4.42. The van der Waals surface area contributed by atoms with Gasteiger partial charge in [0.1, 0.15) is 0 Å². The summed E-state index contributed by atoms with van der Waals surface area (Å²) in [6, 6.07) is 0. The molecule has 0 aliphatic heterocycles. The molecule has 0 atom stereocenters. The first kappa shape index (κ1) is 12.2. The third-order valence-corrected chi connectivity index (χ3v) is 2.91. The van der Waals surface area contributed by atoms with Crippen molar-refractivity contribution in [2.75, 3.05) is 0 Å². The molecule has 0 fully saturated rings. The average molecular weight is 221 g/mol. The second-order valence-electron chi connectivity index (χ2n) is 4.10. The summed E-state index contributed by atoms with van der Waals surface area (Å²) in [5.74, 6) is 0. The Bertz CT molecular complexity index is 368. The smallest absolute Gasteiger partial charge is 0.0901 e. The van der Waals surface area contributed by atoms with Crippen LogP contribution in [0.5, 0.6) is 0 Å². The first-order chi connectivity index (χ1) is 7.08. The molecule has 82 valence electrons. The standard InChI is InChI=1S/C13H19NS/c1-10(2)6-5-7-11(3)8-13-9-15-12(4)14-13/h6,8-9H,5,7H2,1-4H3/b11-8+. The van der Waals surface area contributed by atoms with E-state index in [9.17, 15) is 0 Å². The molecule has 0 saturated carbocycles. The van der Waals surface area contributed by atoms with Crippen molar-refractivity contribution < 1.29 is 0 Å². The van der Waals surface area contributed by atoms with E-state index in [4.69, 9.17) is 0 Å². The molecule has 1 aromatic heterocycles. The van der Waals surface area contributed by atoms with Gasteiger partial charge >= 0.3 is 0 Å². The van der Waals surface area contributed by atoms with Gasteiger partial charge in [0.05, 0.1) is 10.7 Å². The fourth-order valence-corrected chi connectivity index (χ4v) is 1.93. The fourth-order valence-electron chi connectivity index (χ4n) is 1.36. The molecular formula is C13H19NS. The summed E-state index contributed by atoms with van der Waals surface area (Å²) < 4.78 is 0. The zero-order chi connectivity index (χ0) is 11.3. The van der Waals surface area contributed by atoms with Gasteiger partial charge < -0.3 is 0 Å². The highest BCUT2D eigenvalue weighted by Gasteiger charge is 1.95. The molecule has 0 saturated heterocycles. The number of allylic oxidation sites excluding steroid dienone is 3. The third kappa shape index (κ3) is 4.93. The minimum absolute atomic E-state index is 1.10. The Balaban J connectivity index is 2.50. The molecule has 0 aromatic carbocycles. The summed E-state index contributed by atoms with van der Waals surface area (Å²) in [6.45, 7) is 8.50. The van der Waals surface area contributed by atoms with Gasteiger partial charge in [-0.2, -0.15) is 0 Å². The molecular weight excluding hydrogens is 202 g/mol. The van der Waals surface area contributed by atoms with Crippen LogP contribution in [0.2, 0.25) is 0 Å². The van der Waals surface area contributed by atoms with Gasteiger partial charge in [0, 0.05) is 5.38 Å². The molecule has 15 heavy (non-hydrogen) atoms. The first-order valence-electron chi connectivity index (χ1n) is 5.30. The molecule has 0 spiro atoms. The third-order valence-electron chi connectivity index (χ3n) is 2.12. The highest BCUT2D eigenvalue weighted by atomic mass is 32.1. The van der Waals surface area contributed by atoms with Gasteiger partial charge in [-0.1, -0.05) is 17.2 Å². The number of hydrogen-bond acceptors (Lipinski definition) is 2. The Kier molecular flexibility index (Phi) is 4.76. The number of aromatic nitrogens is 1. The van der Waals surface area contributed by atoms with E-state index in [1.54, 1.807) is 11.3 Å². The van der Waals surface area contributed by atoms with Crippen LogP contribution >= 0.6 is 11.3 Å². The van der Waals surface area contributed by atoms with Gasteiger partial charge in [-0.25, -0.2) is 4.98 Å². The van der Waals surface area contributed by atoms with E-state index in [0.717, 1.165) is 23.5 Å². The van der Waals surface area contributed by atoms with Gasteiger partial charge in [-0.3, -0.25) is 0 Å². The molecule has 0 N–H and O–H groups in total. The number of rotatable bonds is 4. The van der Waals surface area contributed by atoms with Crippen LogP contribution in [0.25, 0.3) is 6.08 Å². The van der Waals surface area contributed by atoms with E-state index in [2.05, 4.69) is 43.3 Å². The van der Waals surface area contributed by atoms with Gasteiger partial charge in [-0.05, 0) is 46.6 Å². The van der Waals surface area contributed by atoms with Crippen molar-refractivity contribution in [2.45, 2.75) is 40.5 Å². The second kappa shape index (κ2) is 5.86. The van der Waals surface area contributed by atoms with E-state index >= 15 is 0 Å². The molecule has 1 nitrogen and oxygen atoms in total. The van der Waals surface area contributed by atoms with Crippen molar-refractivity contribution in [3.63, 3.8) is 0 Å². The minimum Gasteiger partial charge on any atom is -0.242 e. The summed E-state index contributed by atoms with van der Waals surface area (Å²) in [5, 5.41) is 3.25. The van der Waals surface area contributed by atoms with E-state index in [1.165, 1.54) is 11.1 Å². The van der Waals surface area contributed by atoms with Gasteiger partial charge in [0.2, 0.25) is 0 Å². The molecule has 0 radical (unpaired) electrons. The first-order valence-corrected chi connectivity index (χ1v) is 6.18. The van der Waals surface area contributed by atoms with E-state index < -0.39 is 0 Å².